The van der Waals surface area contributed by atoms with Crippen LogP contribution in [0.3, 0.4) is 0 Å². The first kappa shape index (κ1) is 12.1. The number of carbonyl (C=O) groups is 3. The molecular formula is C13H10N4O3. The van der Waals surface area contributed by atoms with Crippen LogP contribution in [0.1, 0.15) is 20.7 Å². The Morgan fingerprint density at radius 2 is 1.95 bits per heavy atom. The fourth-order valence-corrected chi connectivity index (χ4v) is 2.01. The minimum atomic E-state index is -0.396. The number of nitrogens with zero attached hydrogens (tertiary/aromatic N) is 3. The van der Waals surface area contributed by atoms with Crippen LogP contribution in [0.5, 0.6) is 0 Å². The third kappa shape index (κ3) is 1.76. The van der Waals surface area contributed by atoms with Gasteiger partial charge in [-0.25, -0.2) is 9.78 Å². The molecule has 0 saturated heterocycles. The molecule has 0 bridgehead atoms. The van der Waals surface area contributed by atoms with Crippen LogP contribution in [0, 0.1) is 0 Å². The first-order valence-electron chi connectivity index (χ1n) is 5.83. The molecule has 0 aliphatic carbocycles. The Kier molecular flexibility index (Phi) is 2.60. The quantitative estimate of drug-likeness (QED) is 0.789. The summed E-state index contributed by atoms with van der Waals surface area (Å²) >= 11 is 0. The van der Waals surface area contributed by atoms with Crippen molar-refractivity contribution in [2.24, 2.45) is 0 Å². The fraction of sp³-hybridized carbons (Fsp3) is 0.0769. The minimum Gasteiger partial charge on any atom is -0.307 e. The van der Waals surface area contributed by atoms with Crippen molar-refractivity contribution in [3.63, 3.8) is 0 Å². The molecule has 1 aliphatic heterocycles. The van der Waals surface area contributed by atoms with Crippen molar-refractivity contribution < 1.29 is 14.4 Å². The summed E-state index contributed by atoms with van der Waals surface area (Å²) < 4.78 is 1.27. The standard InChI is InChI=1S/C13H10N4O3/c1-16-11(18)9-3-2-8(6-10(9)12(16)19)15-13(20)17-5-4-14-7-17/h2-7H,1H3,(H,15,20). The molecule has 0 fully saturated rings. The van der Waals surface area contributed by atoms with Gasteiger partial charge in [-0.2, -0.15) is 0 Å². The lowest BCUT2D eigenvalue weighted by Gasteiger charge is -2.06. The second-order valence-electron chi connectivity index (χ2n) is 4.33. The maximum Gasteiger partial charge on any atom is 0.331 e. The average Bonchev–Trinajstić information content (AvgIpc) is 3.04. The summed E-state index contributed by atoms with van der Waals surface area (Å²) in [6.45, 7) is 0. The summed E-state index contributed by atoms with van der Waals surface area (Å²) in [6.07, 6.45) is 4.36. The van der Waals surface area contributed by atoms with Gasteiger partial charge in [0, 0.05) is 25.1 Å². The van der Waals surface area contributed by atoms with Crippen molar-refractivity contribution in [2.45, 2.75) is 0 Å². The van der Waals surface area contributed by atoms with Crippen LogP contribution < -0.4 is 5.32 Å². The summed E-state index contributed by atoms with van der Waals surface area (Å²) in [7, 11) is 1.43. The van der Waals surface area contributed by atoms with Crippen LogP contribution in [0.25, 0.3) is 0 Å². The number of imidazole rings is 1. The van der Waals surface area contributed by atoms with Gasteiger partial charge in [-0.05, 0) is 18.2 Å². The summed E-state index contributed by atoms with van der Waals surface area (Å²) in [5, 5.41) is 2.63. The van der Waals surface area contributed by atoms with Gasteiger partial charge >= 0.3 is 6.03 Å². The number of benzene rings is 1. The Morgan fingerprint density at radius 1 is 1.20 bits per heavy atom. The van der Waals surface area contributed by atoms with Crippen LogP contribution in [-0.2, 0) is 0 Å². The number of hydrogen-bond donors (Lipinski definition) is 1. The highest BCUT2D eigenvalue weighted by Gasteiger charge is 2.32. The summed E-state index contributed by atoms with van der Waals surface area (Å²) in [4.78, 5) is 40.2. The Hall–Kier alpha value is -2.96. The lowest BCUT2D eigenvalue weighted by atomic mass is 10.1. The second kappa shape index (κ2) is 4.30. The van der Waals surface area contributed by atoms with Crippen molar-refractivity contribution >= 4 is 23.5 Å². The Morgan fingerprint density at radius 3 is 2.65 bits per heavy atom. The molecule has 20 heavy (non-hydrogen) atoms. The van der Waals surface area contributed by atoms with Crippen molar-refractivity contribution in [2.75, 3.05) is 12.4 Å². The van der Waals surface area contributed by atoms with E-state index < -0.39 is 6.03 Å². The zero-order valence-corrected chi connectivity index (χ0v) is 10.5. The van der Waals surface area contributed by atoms with E-state index in [0.29, 0.717) is 16.8 Å². The predicted octanol–water partition coefficient (Wildman–Crippen LogP) is 1.19. The molecule has 0 radical (unpaired) electrons. The molecule has 2 heterocycles. The molecular weight excluding hydrogens is 260 g/mol. The summed E-state index contributed by atoms with van der Waals surface area (Å²) in [5.41, 5.74) is 1.08. The molecule has 0 unspecified atom stereocenters. The van der Waals surface area contributed by atoms with E-state index in [1.165, 1.54) is 42.5 Å². The summed E-state index contributed by atoms with van der Waals surface area (Å²) in [5.74, 6) is -0.707. The van der Waals surface area contributed by atoms with Crippen LogP contribution in [0.15, 0.2) is 36.9 Å². The SMILES string of the molecule is CN1C(=O)c2ccc(NC(=O)n3ccnc3)cc2C1=O. The van der Waals surface area contributed by atoms with E-state index in [4.69, 9.17) is 0 Å². The molecule has 3 amide bonds. The van der Waals surface area contributed by atoms with Gasteiger partial charge in [-0.15, -0.1) is 0 Å². The van der Waals surface area contributed by atoms with Gasteiger partial charge < -0.3 is 5.32 Å². The lowest BCUT2D eigenvalue weighted by Crippen LogP contribution is -2.24. The number of rotatable bonds is 1. The van der Waals surface area contributed by atoms with E-state index in [0.717, 1.165) is 4.90 Å². The van der Waals surface area contributed by atoms with E-state index >= 15 is 0 Å². The molecule has 7 heteroatoms. The molecule has 1 aliphatic rings. The molecule has 0 spiro atoms. The normalized spacial score (nSPS) is 13.6. The highest BCUT2D eigenvalue weighted by atomic mass is 16.2. The molecule has 1 aromatic heterocycles. The van der Waals surface area contributed by atoms with E-state index in [1.54, 1.807) is 6.07 Å². The van der Waals surface area contributed by atoms with Crippen LogP contribution in [-0.4, -0.2) is 39.3 Å². The van der Waals surface area contributed by atoms with E-state index in [1.807, 2.05) is 0 Å². The molecule has 2 aromatic rings. The molecule has 7 nitrogen and oxygen atoms in total. The minimum absolute atomic E-state index is 0.293. The molecule has 1 aromatic carbocycles. The number of anilines is 1. The number of carbonyl (C=O) groups excluding carboxylic acids is 3. The van der Waals surface area contributed by atoms with E-state index in [-0.39, 0.29) is 11.8 Å². The van der Waals surface area contributed by atoms with Gasteiger partial charge in [0.2, 0.25) is 0 Å². The van der Waals surface area contributed by atoms with Gasteiger partial charge in [-0.3, -0.25) is 19.1 Å². The second-order valence-corrected chi connectivity index (χ2v) is 4.33. The molecule has 0 saturated carbocycles. The number of aromatic nitrogens is 2. The van der Waals surface area contributed by atoms with Crippen LogP contribution >= 0.6 is 0 Å². The van der Waals surface area contributed by atoms with Crippen LogP contribution in [0.2, 0.25) is 0 Å². The number of nitrogens with one attached hydrogen (secondary N) is 1. The highest BCUT2D eigenvalue weighted by molar-refractivity contribution is 6.21. The molecule has 100 valence electrons. The van der Waals surface area contributed by atoms with Crippen molar-refractivity contribution in [3.05, 3.63) is 48.0 Å². The zero-order chi connectivity index (χ0) is 14.3. The molecule has 3 rings (SSSR count). The topological polar surface area (TPSA) is 84.3 Å². The maximum absolute atomic E-state index is 11.9. The fourth-order valence-electron chi connectivity index (χ4n) is 2.01. The number of hydrogen-bond acceptors (Lipinski definition) is 4. The van der Waals surface area contributed by atoms with Gasteiger partial charge in [0.15, 0.2) is 0 Å². The monoisotopic (exact) mass is 270 g/mol. The Bertz CT molecular complexity index is 721. The number of fused-ring (bicyclic) bond motifs is 1. The van der Waals surface area contributed by atoms with Gasteiger partial charge in [0.1, 0.15) is 6.33 Å². The van der Waals surface area contributed by atoms with Gasteiger partial charge in [-0.1, -0.05) is 0 Å². The van der Waals surface area contributed by atoms with Crippen LogP contribution in [0.4, 0.5) is 10.5 Å². The van der Waals surface area contributed by atoms with Gasteiger partial charge in [0.25, 0.3) is 11.8 Å². The third-order valence-electron chi connectivity index (χ3n) is 3.08. The zero-order valence-electron chi connectivity index (χ0n) is 10.5. The van der Waals surface area contributed by atoms with Crippen molar-refractivity contribution in [1.82, 2.24) is 14.5 Å². The highest BCUT2D eigenvalue weighted by Crippen LogP contribution is 2.24. The van der Waals surface area contributed by atoms with E-state index in [2.05, 4.69) is 10.3 Å². The Labute approximate surface area is 113 Å². The maximum atomic E-state index is 11.9. The first-order chi connectivity index (χ1) is 9.58. The van der Waals surface area contributed by atoms with Gasteiger partial charge in [0.05, 0.1) is 11.1 Å². The number of amides is 3. The first-order valence-corrected chi connectivity index (χ1v) is 5.83. The average molecular weight is 270 g/mol. The smallest absolute Gasteiger partial charge is 0.307 e. The third-order valence-corrected chi connectivity index (χ3v) is 3.08. The lowest BCUT2D eigenvalue weighted by molar-refractivity contribution is 0.0693. The summed E-state index contributed by atoms with van der Waals surface area (Å²) in [6, 6.07) is 4.21. The van der Waals surface area contributed by atoms with Crippen molar-refractivity contribution in [3.8, 4) is 0 Å². The molecule has 0 atom stereocenters. The number of imide groups is 1. The van der Waals surface area contributed by atoms with Crippen molar-refractivity contribution in [1.29, 1.82) is 0 Å². The predicted molar refractivity (Wildman–Crippen MR) is 69.5 cm³/mol. The molecule has 1 N–H and O–H groups in total. The largest absolute Gasteiger partial charge is 0.331 e. The Balaban J connectivity index is 1.89. The van der Waals surface area contributed by atoms with E-state index in [9.17, 15) is 14.4 Å².